The number of carbonyl (C=O) groups excluding carboxylic acids is 2. The molecule has 0 unspecified atom stereocenters. The van der Waals surface area contributed by atoms with Crippen LogP contribution >= 0.6 is 0 Å². The fourth-order valence-electron chi connectivity index (χ4n) is 2.75. The number of nitrogens with zero attached hydrogens (tertiary/aromatic N) is 2. The Morgan fingerprint density at radius 1 is 1.04 bits per heavy atom. The van der Waals surface area contributed by atoms with Crippen LogP contribution in [0.4, 0.5) is 4.39 Å². The van der Waals surface area contributed by atoms with Gasteiger partial charge in [-0.1, -0.05) is 37.3 Å². The third kappa shape index (κ3) is 3.88. The van der Waals surface area contributed by atoms with Crippen LogP contribution in [0, 0.1) is 5.82 Å². The maximum atomic E-state index is 13.6. The summed E-state index contributed by atoms with van der Waals surface area (Å²) in [5.74, 6) is -0.537. The van der Waals surface area contributed by atoms with E-state index in [-0.39, 0.29) is 24.4 Å². The number of aryl methyl sites for hydroxylation is 1. The molecule has 26 heavy (non-hydrogen) atoms. The van der Waals surface area contributed by atoms with E-state index in [2.05, 4.69) is 15.8 Å². The Labute approximate surface area is 150 Å². The summed E-state index contributed by atoms with van der Waals surface area (Å²) in [4.78, 5) is 28.6. The highest BCUT2D eigenvalue weighted by atomic mass is 19.1. The predicted octanol–water partition coefficient (Wildman–Crippen LogP) is 2.13. The lowest BCUT2D eigenvalue weighted by molar-refractivity contribution is -0.128. The summed E-state index contributed by atoms with van der Waals surface area (Å²) >= 11 is 0. The van der Waals surface area contributed by atoms with Crippen molar-refractivity contribution in [2.75, 3.05) is 0 Å². The number of nitrogens with one attached hydrogen (secondary N) is 2. The molecule has 134 valence electrons. The number of halogens is 1. The van der Waals surface area contributed by atoms with Gasteiger partial charge in [-0.2, -0.15) is 0 Å². The van der Waals surface area contributed by atoms with E-state index >= 15 is 0 Å². The van der Waals surface area contributed by atoms with Gasteiger partial charge in [0.15, 0.2) is 0 Å². The van der Waals surface area contributed by atoms with Crippen molar-refractivity contribution in [1.82, 2.24) is 20.4 Å². The molecule has 0 saturated heterocycles. The van der Waals surface area contributed by atoms with E-state index in [1.165, 1.54) is 12.1 Å². The summed E-state index contributed by atoms with van der Waals surface area (Å²) < 4.78 is 15.4. The Kier molecular flexibility index (Phi) is 5.26. The number of hydrogen-bond acceptors (Lipinski definition) is 3. The van der Waals surface area contributed by atoms with Gasteiger partial charge in [0.1, 0.15) is 18.2 Å². The van der Waals surface area contributed by atoms with Crippen LogP contribution in [0.5, 0.6) is 0 Å². The minimum atomic E-state index is -0.491. The van der Waals surface area contributed by atoms with Crippen LogP contribution in [-0.4, -0.2) is 21.4 Å². The summed E-state index contributed by atoms with van der Waals surface area (Å²) in [5.41, 5.74) is 6.63. The molecule has 2 amide bonds. The van der Waals surface area contributed by atoms with Crippen LogP contribution in [0.25, 0.3) is 11.0 Å². The van der Waals surface area contributed by atoms with Gasteiger partial charge in [-0.3, -0.25) is 20.4 Å². The average Bonchev–Trinajstić information content (AvgIpc) is 3.00. The zero-order chi connectivity index (χ0) is 18.5. The first-order chi connectivity index (χ1) is 12.6. The van der Waals surface area contributed by atoms with Crippen molar-refractivity contribution in [3.8, 4) is 0 Å². The summed E-state index contributed by atoms with van der Waals surface area (Å²) in [6.45, 7) is 2.00. The SMILES string of the molecule is CCc1nc2ccccc2n1CC(=O)NNC(=O)Cc1ccccc1F. The van der Waals surface area contributed by atoms with E-state index in [1.807, 2.05) is 35.8 Å². The Morgan fingerprint density at radius 3 is 2.50 bits per heavy atom. The van der Waals surface area contributed by atoms with Gasteiger partial charge in [0, 0.05) is 6.42 Å². The Morgan fingerprint density at radius 2 is 1.73 bits per heavy atom. The van der Waals surface area contributed by atoms with Gasteiger partial charge in [0.05, 0.1) is 17.5 Å². The molecule has 1 aromatic heterocycles. The van der Waals surface area contributed by atoms with E-state index in [0.29, 0.717) is 6.42 Å². The minimum absolute atomic E-state index is 0.0314. The molecule has 0 aliphatic heterocycles. The smallest absolute Gasteiger partial charge is 0.258 e. The van der Waals surface area contributed by atoms with E-state index in [1.54, 1.807) is 12.1 Å². The molecule has 0 fully saturated rings. The monoisotopic (exact) mass is 354 g/mol. The zero-order valence-corrected chi connectivity index (χ0v) is 14.3. The summed E-state index contributed by atoms with van der Waals surface area (Å²) in [5, 5.41) is 0. The maximum Gasteiger partial charge on any atom is 0.258 e. The first-order valence-electron chi connectivity index (χ1n) is 8.33. The third-order valence-corrected chi connectivity index (χ3v) is 4.00. The van der Waals surface area contributed by atoms with Crippen LogP contribution in [0.2, 0.25) is 0 Å². The van der Waals surface area contributed by atoms with Crippen LogP contribution in [0.1, 0.15) is 18.3 Å². The number of hydrazine groups is 1. The topological polar surface area (TPSA) is 76.0 Å². The normalized spacial score (nSPS) is 10.7. The van der Waals surface area contributed by atoms with Gasteiger partial charge < -0.3 is 4.57 Å². The molecule has 3 aromatic rings. The van der Waals surface area contributed by atoms with Crippen LogP contribution < -0.4 is 10.9 Å². The lowest BCUT2D eigenvalue weighted by atomic mass is 10.1. The molecule has 0 aliphatic carbocycles. The van der Waals surface area contributed by atoms with Crippen molar-refractivity contribution in [2.24, 2.45) is 0 Å². The Bertz CT molecular complexity index is 952. The molecule has 0 saturated carbocycles. The molecule has 2 N–H and O–H groups in total. The van der Waals surface area contributed by atoms with Crippen molar-refractivity contribution >= 4 is 22.8 Å². The number of fused-ring (bicyclic) bond motifs is 1. The van der Waals surface area contributed by atoms with E-state index < -0.39 is 11.7 Å². The lowest BCUT2D eigenvalue weighted by Crippen LogP contribution is -2.44. The summed E-state index contributed by atoms with van der Waals surface area (Å²) in [6, 6.07) is 13.6. The Balaban J connectivity index is 1.61. The van der Waals surface area contributed by atoms with Crippen molar-refractivity contribution in [3.63, 3.8) is 0 Å². The first kappa shape index (κ1) is 17.6. The molecular weight excluding hydrogens is 335 g/mol. The molecule has 0 spiro atoms. The highest BCUT2D eigenvalue weighted by Crippen LogP contribution is 2.16. The van der Waals surface area contributed by atoms with Crippen LogP contribution in [0.3, 0.4) is 0 Å². The highest BCUT2D eigenvalue weighted by Gasteiger charge is 2.13. The summed E-state index contributed by atoms with van der Waals surface area (Å²) in [6.07, 6.45) is 0.531. The maximum absolute atomic E-state index is 13.6. The molecular formula is C19H19FN4O2. The number of benzene rings is 2. The first-order valence-corrected chi connectivity index (χ1v) is 8.33. The number of rotatable bonds is 5. The minimum Gasteiger partial charge on any atom is -0.318 e. The standard InChI is InChI=1S/C19H19FN4O2/c1-2-17-21-15-9-5-6-10-16(15)24(17)12-19(26)23-22-18(25)11-13-7-3-4-8-14(13)20/h3-10H,2,11-12H2,1H3,(H,22,25)(H,23,26). The number of aromatic nitrogens is 2. The zero-order valence-electron chi connectivity index (χ0n) is 14.3. The number of hydrogen-bond donors (Lipinski definition) is 2. The van der Waals surface area contributed by atoms with Gasteiger partial charge in [-0.05, 0) is 23.8 Å². The molecule has 7 heteroatoms. The molecule has 0 bridgehead atoms. The van der Waals surface area contributed by atoms with Gasteiger partial charge in [0.25, 0.3) is 5.91 Å². The van der Waals surface area contributed by atoms with Gasteiger partial charge >= 0.3 is 0 Å². The number of carbonyl (C=O) groups is 2. The number of para-hydroxylation sites is 2. The van der Waals surface area contributed by atoms with Crippen molar-refractivity contribution in [3.05, 3.63) is 65.7 Å². The highest BCUT2D eigenvalue weighted by molar-refractivity contribution is 5.84. The Hall–Kier alpha value is -3.22. The van der Waals surface area contributed by atoms with E-state index in [0.717, 1.165) is 16.9 Å². The molecule has 0 aliphatic rings. The lowest BCUT2D eigenvalue weighted by Gasteiger charge is -2.10. The largest absolute Gasteiger partial charge is 0.318 e. The van der Waals surface area contributed by atoms with Crippen molar-refractivity contribution in [2.45, 2.75) is 26.3 Å². The van der Waals surface area contributed by atoms with E-state index in [9.17, 15) is 14.0 Å². The molecule has 1 heterocycles. The molecule has 0 radical (unpaired) electrons. The molecule has 6 nitrogen and oxygen atoms in total. The predicted molar refractivity (Wildman–Crippen MR) is 95.5 cm³/mol. The van der Waals surface area contributed by atoms with Gasteiger partial charge in [-0.25, -0.2) is 9.37 Å². The van der Waals surface area contributed by atoms with Crippen LogP contribution in [-0.2, 0) is 29.0 Å². The third-order valence-electron chi connectivity index (χ3n) is 4.00. The molecule has 0 atom stereocenters. The summed E-state index contributed by atoms with van der Waals surface area (Å²) in [7, 11) is 0. The number of imidazole rings is 1. The average molecular weight is 354 g/mol. The fraction of sp³-hybridized carbons (Fsp3) is 0.211. The fourth-order valence-corrected chi connectivity index (χ4v) is 2.75. The second kappa shape index (κ2) is 7.77. The molecule has 2 aromatic carbocycles. The molecule has 3 rings (SSSR count). The second-order valence-corrected chi connectivity index (χ2v) is 5.82. The van der Waals surface area contributed by atoms with Crippen molar-refractivity contribution in [1.29, 1.82) is 0 Å². The van der Waals surface area contributed by atoms with Gasteiger partial charge in [-0.15, -0.1) is 0 Å². The number of amides is 2. The van der Waals surface area contributed by atoms with Gasteiger partial charge in [0.2, 0.25) is 5.91 Å². The quantitative estimate of drug-likeness (QED) is 0.689. The van der Waals surface area contributed by atoms with E-state index in [4.69, 9.17) is 0 Å². The second-order valence-electron chi connectivity index (χ2n) is 5.82. The van der Waals surface area contributed by atoms with Crippen LogP contribution in [0.15, 0.2) is 48.5 Å². The van der Waals surface area contributed by atoms with Crippen molar-refractivity contribution < 1.29 is 14.0 Å².